The monoisotopic (exact) mass is 299 g/mol. The summed E-state index contributed by atoms with van der Waals surface area (Å²) in [6.45, 7) is 7.14. The third-order valence-corrected chi connectivity index (χ3v) is 3.90. The lowest BCUT2D eigenvalue weighted by Crippen LogP contribution is -2.35. The predicted octanol–water partition coefficient (Wildman–Crippen LogP) is 4.63. The van der Waals surface area contributed by atoms with Crippen LogP contribution in [0.5, 0.6) is 5.75 Å². The maximum absolute atomic E-state index is 12.1. The first-order valence-electron chi connectivity index (χ1n) is 7.59. The summed E-state index contributed by atoms with van der Waals surface area (Å²) in [5.74, 6) is 0.213. The lowest BCUT2D eigenvalue weighted by molar-refractivity contribution is -0.0498. The van der Waals surface area contributed by atoms with E-state index in [4.69, 9.17) is 0 Å². The molecule has 1 N–H and O–H groups in total. The molecule has 21 heavy (non-hydrogen) atoms. The van der Waals surface area contributed by atoms with Crippen LogP contribution in [0.25, 0.3) is 0 Å². The van der Waals surface area contributed by atoms with Crippen LogP contribution >= 0.6 is 0 Å². The molecular formula is C17H27F2NO. The molecule has 1 atom stereocenters. The van der Waals surface area contributed by atoms with Crippen molar-refractivity contribution in [3.63, 3.8) is 0 Å². The fourth-order valence-electron chi connectivity index (χ4n) is 1.90. The summed E-state index contributed by atoms with van der Waals surface area (Å²) < 4.78 is 28.4. The highest BCUT2D eigenvalue weighted by atomic mass is 19.3. The number of alkyl halides is 2. The molecule has 0 aromatic heterocycles. The molecule has 0 aliphatic heterocycles. The van der Waals surface area contributed by atoms with E-state index in [2.05, 4.69) is 37.7 Å². The minimum atomic E-state index is -2.76. The minimum absolute atomic E-state index is 0.213. The zero-order valence-corrected chi connectivity index (χ0v) is 13.5. The second kappa shape index (κ2) is 8.32. The maximum Gasteiger partial charge on any atom is 0.387 e. The summed E-state index contributed by atoms with van der Waals surface area (Å²) in [6, 6.07) is 7.33. The first-order valence-corrected chi connectivity index (χ1v) is 7.59. The van der Waals surface area contributed by atoms with E-state index >= 15 is 0 Å². The third-order valence-electron chi connectivity index (χ3n) is 3.90. The summed E-state index contributed by atoms with van der Waals surface area (Å²) in [6.07, 6.45) is 3.10. The van der Waals surface area contributed by atoms with Gasteiger partial charge in [0.1, 0.15) is 5.75 Å². The molecule has 120 valence electrons. The van der Waals surface area contributed by atoms with Gasteiger partial charge in [-0.2, -0.15) is 8.78 Å². The molecule has 0 fully saturated rings. The summed E-state index contributed by atoms with van der Waals surface area (Å²) in [5.41, 5.74) is 1.46. The van der Waals surface area contributed by atoms with Crippen molar-refractivity contribution in [3.05, 3.63) is 29.8 Å². The van der Waals surface area contributed by atoms with Crippen LogP contribution in [0.3, 0.4) is 0 Å². The highest BCUT2D eigenvalue weighted by Crippen LogP contribution is 2.19. The van der Waals surface area contributed by atoms with Gasteiger partial charge in [0.2, 0.25) is 0 Å². The molecule has 4 heteroatoms. The van der Waals surface area contributed by atoms with Crippen molar-refractivity contribution in [3.8, 4) is 5.75 Å². The van der Waals surface area contributed by atoms with Crippen molar-refractivity contribution in [1.29, 1.82) is 0 Å². The molecule has 2 nitrogen and oxygen atoms in total. The Morgan fingerprint density at radius 2 is 1.81 bits per heavy atom. The normalized spacial score (nSPS) is 13.5. The number of halogens is 2. The Bertz CT molecular complexity index is 404. The van der Waals surface area contributed by atoms with Crippen molar-refractivity contribution >= 4 is 0 Å². The van der Waals surface area contributed by atoms with E-state index in [0.29, 0.717) is 11.5 Å². The van der Waals surface area contributed by atoms with Crippen molar-refractivity contribution in [1.82, 2.24) is 5.32 Å². The molecule has 1 rings (SSSR count). The Hall–Kier alpha value is -1.16. The molecule has 0 saturated heterocycles. The number of aryl methyl sites for hydroxylation is 1. The fourth-order valence-corrected chi connectivity index (χ4v) is 1.90. The van der Waals surface area contributed by atoms with Gasteiger partial charge in [-0.25, -0.2) is 0 Å². The van der Waals surface area contributed by atoms with Crippen LogP contribution < -0.4 is 10.1 Å². The predicted molar refractivity (Wildman–Crippen MR) is 82.9 cm³/mol. The number of rotatable bonds is 9. The van der Waals surface area contributed by atoms with Crippen LogP contribution in [0.1, 0.15) is 46.1 Å². The van der Waals surface area contributed by atoms with Crippen molar-refractivity contribution in [2.24, 2.45) is 5.41 Å². The number of ether oxygens (including phenoxy) is 1. The molecule has 0 aliphatic carbocycles. The van der Waals surface area contributed by atoms with E-state index in [9.17, 15) is 8.78 Å². The summed E-state index contributed by atoms with van der Waals surface area (Å²) in [5, 5.41) is 3.56. The Morgan fingerprint density at radius 3 is 2.33 bits per heavy atom. The van der Waals surface area contributed by atoms with Gasteiger partial charge in [-0.3, -0.25) is 0 Å². The summed E-state index contributed by atoms with van der Waals surface area (Å²) in [7, 11) is 0. The van der Waals surface area contributed by atoms with Gasteiger partial charge in [-0.05, 0) is 49.3 Å². The zero-order chi connectivity index (χ0) is 15.9. The smallest absolute Gasteiger partial charge is 0.387 e. The van der Waals surface area contributed by atoms with Gasteiger partial charge < -0.3 is 10.1 Å². The third kappa shape index (κ3) is 7.42. The van der Waals surface area contributed by atoms with E-state index in [0.717, 1.165) is 31.4 Å². The van der Waals surface area contributed by atoms with Gasteiger partial charge in [0, 0.05) is 12.6 Å². The Kier molecular flexibility index (Phi) is 7.09. The topological polar surface area (TPSA) is 21.3 Å². The van der Waals surface area contributed by atoms with Crippen LogP contribution in [-0.2, 0) is 6.42 Å². The van der Waals surface area contributed by atoms with E-state index in [-0.39, 0.29) is 5.75 Å². The molecule has 0 bridgehead atoms. The highest BCUT2D eigenvalue weighted by Gasteiger charge is 2.15. The number of benzene rings is 1. The highest BCUT2D eigenvalue weighted by molar-refractivity contribution is 5.27. The molecule has 0 heterocycles. The van der Waals surface area contributed by atoms with Crippen LogP contribution in [-0.4, -0.2) is 19.2 Å². The lowest BCUT2D eigenvalue weighted by atomic mass is 9.90. The summed E-state index contributed by atoms with van der Waals surface area (Å²) in [4.78, 5) is 0. The van der Waals surface area contributed by atoms with Gasteiger partial charge in [0.15, 0.2) is 0 Å². The molecule has 0 radical (unpaired) electrons. The SMILES string of the molecule is CCC(C)(C)CNC(C)CCc1ccc(OC(F)F)cc1. The fraction of sp³-hybridized carbons (Fsp3) is 0.647. The largest absolute Gasteiger partial charge is 0.435 e. The molecular weight excluding hydrogens is 272 g/mol. The number of hydrogen-bond donors (Lipinski definition) is 1. The van der Waals surface area contributed by atoms with Crippen molar-refractivity contribution < 1.29 is 13.5 Å². The second-order valence-electron chi connectivity index (χ2n) is 6.36. The molecule has 0 spiro atoms. The minimum Gasteiger partial charge on any atom is -0.435 e. The van der Waals surface area contributed by atoms with Crippen LogP contribution in [0.2, 0.25) is 0 Å². The molecule has 0 saturated carbocycles. The molecule has 1 unspecified atom stereocenters. The molecule has 1 aromatic rings. The zero-order valence-electron chi connectivity index (χ0n) is 13.5. The van der Waals surface area contributed by atoms with E-state index < -0.39 is 6.61 Å². The average molecular weight is 299 g/mol. The van der Waals surface area contributed by atoms with E-state index in [1.165, 1.54) is 0 Å². The van der Waals surface area contributed by atoms with Gasteiger partial charge in [0.25, 0.3) is 0 Å². The van der Waals surface area contributed by atoms with Gasteiger partial charge in [-0.15, -0.1) is 0 Å². The molecule has 0 amide bonds. The Balaban J connectivity index is 2.34. The van der Waals surface area contributed by atoms with Crippen molar-refractivity contribution in [2.75, 3.05) is 6.54 Å². The number of hydrogen-bond acceptors (Lipinski definition) is 2. The summed E-state index contributed by atoms with van der Waals surface area (Å²) >= 11 is 0. The van der Waals surface area contributed by atoms with Gasteiger partial charge in [-0.1, -0.05) is 32.9 Å². The van der Waals surface area contributed by atoms with E-state index in [1.54, 1.807) is 12.1 Å². The first kappa shape index (κ1) is 17.9. The van der Waals surface area contributed by atoms with Crippen LogP contribution in [0.15, 0.2) is 24.3 Å². The Morgan fingerprint density at radius 1 is 1.19 bits per heavy atom. The van der Waals surface area contributed by atoms with Gasteiger partial charge in [0.05, 0.1) is 0 Å². The maximum atomic E-state index is 12.1. The van der Waals surface area contributed by atoms with Gasteiger partial charge >= 0.3 is 6.61 Å². The molecule has 0 aliphatic rings. The number of nitrogens with one attached hydrogen (secondary N) is 1. The first-order chi connectivity index (χ1) is 9.82. The van der Waals surface area contributed by atoms with Crippen molar-refractivity contribution in [2.45, 2.75) is 59.6 Å². The van der Waals surface area contributed by atoms with Crippen LogP contribution in [0.4, 0.5) is 8.78 Å². The standard InChI is InChI=1S/C17H27F2NO/c1-5-17(3,4)12-20-13(2)6-7-14-8-10-15(11-9-14)21-16(18)19/h8-11,13,16,20H,5-7,12H2,1-4H3. The average Bonchev–Trinajstić information content (AvgIpc) is 2.44. The quantitative estimate of drug-likeness (QED) is 0.717. The van der Waals surface area contributed by atoms with Crippen LogP contribution in [0, 0.1) is 5.41 Å². The van der Waals surface area contributed by atoms with E-state index in [1.807, 2.05) is 12.1 Å². The Labute approximate surface area is 126 Å². The second-order valence-corrected chi connectivity index (χ2v) is 6.36. The lowest BCUT2D eigenvalue weighted by Gasteiger charge is -2.25. The molecule has 1 aromatic carbocycles.